The fourth-order valence-corrected chi connectivity index (χ4v) is 5.25. The number of amides is 1. The maximum atomic E-state index is 15.1. The van der Waals surface area contributed by atoms with E-state index in [1.807, 2.05) is 0 Å². The van der Waals surface area contributed by atoms with Gasteiger partial charge in [-0.3, -0.25) is 4.90 Å². The number of likely N-dealkylation sites (tertiary alicyclic amines) is 1. The van der Waals surface area contributed by atoms with Gasteiger partial charge in [0, 0.05) is 38.8 Å². The minimum Gasteiger partial charge on any atom is -0.465 e. The number of nitrogens with one attached hydrogen (secondary N) is 1. The van der Waals surface area contributed by atoms with Gasteiger partial charge in [0.15, 0.2) is 11.6 Å². The molecule has 0 saturated carbocycles. The van der Waals surface area contributed by atoms with Crippen molar-refractivity contribution in [3.05, 3.63) is 28.9 Å². The van der Waals surface area contributed by atoms with E-state index in [2.05, 4.69) is 26.8 Å². The predicted molar refractivity (Wildman–Crippen MR) is 112 cm³/mol. The average molecular weight is 436 g/mol. The van der Waals surface area contributed by atoms with Gasteiger partial charge in [-0.1, -0.05) is 11.6 Å². The van der Waals surface area contributed by atoms with E-state index in [0.29, 0.717) is 27.7 Å². The van der Waals surface area contributed by atoms with Crippen LogP contribution >= 0.6 is 11.6 Å². The van der Waals surface area contributed by atoms with Crippen molar-refractivity contribution in [1.29, 1.82) is 0 Å². The van der Waals surface area contributed by atoms with Gasteiger partial charge in [0.1, 0.15) is 5.65 Å². The maximum absolute atomic E-state index is 15.1. The van der Waals surface area contributed by atoms with Crippen LogP contribution in [-0.2, 0) is 0 Å². The normalized spacial score (nSPS) is 21.7. The van der Waals surface area contributed by atoms with E-state index in [1.165, 1.54) is 13.2 Å². The lowest BCUT2D eigenvalue weighted by molar-refractivity contribution is 0.203. The number of aromatic amines is 1. The summed E-state index contributed by atoms with van der Waals surface area (Å²) < 4.78 is 29.6. The highest BCUT2D eigenvalue weighted by atomic mass is 35.5. The van der Waals surface area contributed by atoms with Crippen molar-refractivity contribution in [2.24, 2.45) is 5.92 Å². The molecule has 5 rings (SSSR count). The van der Waals surface area contributed by atoms with Gasteiger partial charge in [-0.15, -0.1) is 0 Å². The molecule has 7 nitrogen and oxygen atoms in total. The first-order valence-corrected chi connectivity index (χ1v) is 10.1. The van der Waals surface area contributed by atoms with Crippen LogP contribution < -0.4 is 9.80 Å². The molecule has 2 aliphatic heterocycles. The molecule has 0 aliphatic carbocycles. The van der Waals surface area contributed by atoms with E-state index >= 15 is 4.39 Å². The Balaban J connectivity index is 1.82. The standard InChI is InChI=1S/C20H20ClF2N5O2/c1-26-7-9-3-4-28(13(9)8-26)18-10(21)6-24-19-15(18)14-16(23)11(22)5-12(17(14)25-19)27(2)20(29)30/h5-6,9,13H,3-4,7-8H2,1-2H3,(H,24,25)(H,29,30)/t9-,13+/m1/s1. The van der Waals surface area contributed by atoms with Gasteiger partial charge in [-0.25, -0.2) is 18.6 Å². The van der Waals surface area contributed by atoms with E-state index in [9.17, 15) is 14.3 Å². The number of fused-ring (bicyclic) bond motifs is 4. The Labute approximate surface area is 175 Å². The lowest BCUT2D eigenvalue weighted by Gasteiger charge is -2.28. The second kappa shape index (κ2) is 6.68. The van der Waals surface area contributed by atoms with Crippen LogP contribution in [0.2, 0.25) is 5.02 Å². The summed E-state index contributed by atoms with van der Waals surface area (Å²) in [6.45, 7) is 2.60. The number of carboxylic acid groups (broad SMARTS) is 1. The number of rotatable bonds is 2. The zero-order chi connectivity index (χ0) is 21.3. The number of nitrogens with zero attached hydrogens (tertiary/aromatic N) is 4. The third-order valence-electron chi connectivity index (χ3n) is 6.36. The highest BCUT2D eigenvalue weighted by Gasteiger charge is 2.41. The van der Waals surface area contributed by atoms with Crippen LogP contribution in [0.25, 0.3) is 21.9 Å². The van der Waals surface area contributed by atoms with E-state index in [-0.39, 0.29) is 22.6 Å². The monoisotopic (exact) mass is 435 g/mol. The molecule has 158 valence electrons. The number of hydrogen-bond acceptors (Lipinski definition) is 4. The number of anilines is 2. The number of benzene rings is 1. The molecule has 2 fully saturated rings. The van der Waals surface area contributed by atoms with Crippen LogP contribution in [-0.4, -0.2) is 65.8 Å². The molecule has 2 aromatic heterocycles. The number of halogens is 3. The number of aromatic nitrogens is 2. The first-order valence-electron chi connectivity index (χ1n) is 9.67. The van der Waals surface area contributed by atoms with Gasteiger partial charge in [0.2, 0.25) is 0 Å². The number of H-pyrrole nitrogens is 1. The third-order valence-corrected chi connectivity index (χ3v) is 6.64. The SMILES string of the molecule is CN1C[C@H]2CCN(c3c(Cl)cnc4[nH]c5c(N(C)C(=O)O)cc(F)c(F)c5c34)[C@H]2C1. The summed E-state index contributed by atoms with van der Waals surface area (Å²) in [4.78, 5) is 24.0. The zero-order valence-corrected chi connectivity index (χ0v) is 17.2. The Morgan fingerprint density at radius 1 is 1.37 bits per heavy atom. The van der Waals surface area contributed by atoms with Gasteiger partial charge >= 0.3 is 6.09 Å². The summed E-state index contributed by atoms with van der Waals surface area (Å²) in [5.41, 5.74) is 1.13. The Hall–Kier alpha value is -2.65. The largest absolute Gasteiger partial charge is 0.465 e. The van der Waals surface area contributed by atoms with Crippen LogP contribution in [0.3, 0.4) is 0 Å². The van der Waals surface area contributed by atoms with Crippen LogP contribution in [0.4, 0.5) is 25.0 Å². The first kappa shape index (κ1) is 19.3. The van der Waals surface area contributed by atoms with Crippen molar-refractivity contribution in [1.82, 2.24) is 14.9 Å². The van der Waals surface area contributed by atoms with E-state index in [0.717, 1.165) is 37.0 Å². The molecule has 0 unspecified atom stereocenters. The van der Waals surface area contributed by atoms with Crippen molar-refractivity contribution in [2.45, 2.75) is 12.5 Å². The molecule has 4 heterocycles. The minimum atomic E-state index is -1.29. The molecule has 1 amide bonds. The second-order valence-corrected chi connectivity index (χ2v) is 8.52. The molecule has 30 heavy (non-hydrogen) atoms. The van der Waals surface area contributed by atoms with Crippen LogP contribution in [0, 0.1) is 17.6 Å². The maximum Gasteiger partial charge on any atom is 0.411 e. The Morgan fingerprint density at radius 2 is 2.13 bits per heavy atom. The summed E-state index contributed by atoms with van der Waals surface area (Å²) in [5, 5.41) is 10.1. The summed E-state index contributed by atoms with van der Waals surface area (Å²) in [6.07, 6.45) is 1.19. The van der Waals surface area contributed by atoms with Gasteiger partial charge in [0.25, 0.3) is 0 Å². The molecule has 1 aromatic carbocycles. The highest BCUT2D eigenvalue weighted by molar-refractivity contribution is 6.36. The molecule has 2 saturated heterocycles. The number of pyridine rings is 1. The van der Waals surface area contributed by atoms with Gasteiger partial charge < -0.3 is 19.9 Å². The smallest absolute Gasteiger partial charge is 0.411 e. The van der Waals surface area contributed by atoms with E-state index < -0.39 is 17.7 Å². The molecule has 0 bridgehead atoms. The van der Waals surface area contributed by atoms with Crippen molar-refractivity contribution < 1.29 is 18.7 Å². The fraction of sp³-hybridized carbons (Fsp3) is 0.400. The van der Waals surface area contributed by atoms with Gasteiger partial charge in [-0.2, -0.15) is 0 Å². The first-order chi connectivity index (χ1) is 14.3. The molecule has 2 atom stereocenters. The lowest BCUT2D eigenvalue weighted by Crippen LogP contribution is -2.34. The number of likely N-dealkylation sites (N-methyl/N-ethyl adjacent to an activating group) is 1. The molecule has 0 spiro atoms. The van der Waals surface area contributed by atoms with Gasteiger partial charge in [-0.05, 0) is 19.4 Å². The van der Waals surface area contributed by atoms with Crippen LogP contribution in [0.5, 0.6) is 0 Å². The molecule has 2 aliphatic rings. The number of carbonyl (C=O) groups is 1. The summed E-state index contributed by atoms with van der Waals surface area (Å²) >= 11 is 6.56. The quantitative estimate of drug-likeness (QED) is 0.638. The minimum absolute atomic E-state index is 0.0105. The lowest BCUT2D eigenvalue weighted by atomic mass is 10.0. The molecule has 2 N–H and O–H groups in total. The Morgan fingerprint density at radius 3 is 2.87 bits per heavy atom. The molecular weight excluding hydrogens is 416 g/mol. The second-order valence-electron chi connectivity index (χ2n) is 8.12. The van der Waals surface area contributed by atoms with E-state index in [4.69, 9.17) is 11.6 Å². The number of hydrogen-bond donors (Lipinski definition) is 2. The molecule has 10 heteroatoms. The summed E-state index contributed by atoms with van der Waals surface area (Å²) in [6, 6.07) is 1.10. The molecule has 0 radical (unpaired) electrons. The molecule has 3 aromatic rings. The van der Waals surface area contributed by atoms with Gasteiger partial charge in [0.05, 0.1) is 38.9 Å². The Bertz CT molecular complexity index is 1200. The Kier molecular flexibility index (Phi) is 4.30. The highest BCUT2D eigenvalue weighted by Crippen LogP contribution is 2.45. The van der Waals surface area contributed by atoms with Crippen LogP contribution in [0.1, 0.15) is 6.42 Å². The van der Waals surface area contributed by atoms with Crippen molar-refractivity contribution in [3.8, 4) is 0 Å². The average Bonchev–Trinajstić information content (AvgIpc) is 3.36. The van der Waals surface area contributed by atoms with Crippen molar-refractivity contribution >= 4 is 51.0 Å². The third kappa shape index (κ3) is 2.65. The van der Waals surface area contributed by atoms with Crippen LogP contribution in [0.15, 0.2) is 12.3 Å². The predicted octanol–water partition coefficient (Wildman–Crippen LogP) is 3.90. The van der Waals surface area contributed by atoms with Crippen molar-refractivity contribution in [2.75, 3.05) is 43.5 Å². The molecular formula is C20H20ClF2N5O2. The van der Waals surface area contributed by atoms with E-state index in [1.54, 1.807) is 0 Å². The summed E-state index contributed by atoms with van der Waals surface area (Å²) in [5.74, 6) is -1.70. The zero-order valence-electron chi connectivity index (χ0n) is 16.4. The van der Waals surface area contributed by atoms with Crippen molar-refractivity contribution in [3.63, 3.8) is 0 Å². The summed E-state index contributed by atoms with van der Waals surface area (Å²) in [7, 11) is 3.34. The fourth-order valence-electron chi connectivity index (χ4n) is 5.00. The topological polar surface area (TPSA) is 75.7 Å².